The average Bonchev–Trinajstić information content (AvgIpc) is 3.14. The Morgan fingerprint density at radius 1 is 1.04 bits per heavy atom. The van der Waals surface area contributed by atoms with E-state index in [0.29, 0.717) is 6.61 Å². The number of ether oxygens (including phenoxy) is 1. The molecule has 0 spiro atoms. The van der Waals surface area contributed by atoms with E-state index < -0.39 is 0 Å². The minimum atomic E-state index is 0.442. The van der Waals surface area contributed by atoms with E-state index in [1.807, 2.05) is 17.8 Å². The van der Waals surface area contributed by atoms with Gasteiger partial charge in [-0.15, -0.1) is 10.2 Å². The number of aromatic nitrogens is 3. The summed E-state index contributed by atoms with van der Waals surface area (Å²) in [6.07, 6.45) is 4.16. The summed E-state index contributed by atoms with van der Waals surface area (Å²) in [5.74, 6) is 2.86. The summed E-state index contributed by atoms with van der Waals surface area (Å²) in [6, 6.07) is 14.5. The summed E-state index contributed by atoms with van der Waals surface area (Å²) >= 11 is 1.82. The van der Waals surface area contributed by atoms with E-state index in [9.17, 15) is 0 Å². The number of rotatable bonds is 8. The van der Waals surface area contributed by atoms with Crippen molar-refractivity contribution in [2.45, 2.75) is 44.5 Å². The predicted octanol–water partition coefficient (Wildman–Crippen LogP) is 3.19. The number of nitrogens with one attached hydrogen (secondary N) is 1. The average molecular weight is 398 g/mol. The molecule has 0 bridgehead atoms. The van der Waals surface area contributed by atoms with E-state index in [1.165, 1.54) is 49.7 Å². The Bertz CT molecular complexity index is 904. The van der Waals surface area contributed by atoms with Crippen LogP contribution in [0.15, 0.2) is 47.6 Å². The number of fused-ring (bicyclic) bond motifs is 1. The van der Waals surface area contributed by atoms with E-state index in [-0.39, 0.29) is 0 Å². The molecule has 0 saturated carbocycles. The highest BCUT2D eigenvalue weighted by atomic mass is 32.2. The Morgan fingerprint density at radius 2 is 1.86 bits per heavy atom. The van der Waals surface area contributed by atoms with Crippen LogP contribution in [0.5, 0.6) is 5.75 Å². The molecule has 2 aromatic carbocycles. The van der Waals surface area contributed by atoms with Crippen molar-refractivity contribution in [3.63, 3.8) is 0 Å². The van der Waals surface area contributed by atoms with Gasteiger partial charge in [0, 0.05) is 6.54 Å². The molecule has 0 aliphatic carbocycles. The van der Waals surface area contributed by atoms with Crippen molar-refractivity contribution in [1.82, 2.24) is 14.8 Å². The van der Waals surface area contributed by atoms with Crippen LogP contribution >= 0.6 is 11.8 Å². The fourth-order valence-electron chi connectivity index (χ4n) is 3.84. The van der Waals surface area contributed by atoms with Gasteiger partial charge in [0.15, 0.2) is 11.0 Å². The van der Waals surface area contributed by atoms with Crippen LogP contribution in [0.25, 0.3) is 10.8 Å². The second-order valence-corrected chi connectivity index (χ2v) is 8.41. The van der Waals surface area contributed by atoms with Crippen molar-refractivity contribution in [3.05, 3.63) is 48.3 Å². The molecule has 0 amide bonds. The van der Waals surface area contributed by atoms with Gasteiger partial charge in [0.2, 0.25) is 0 Å². The molecule has 0 unspecified atom stereocenters. The number of benzene rings is 2. The van der Waals surface area contributed by atoms with Crippen molar-refractivity contribution in [3.8, 4) is 5.75 Å². The zero-order valence-corrected chi connectivity index (χ0v) is 17.4. The molecule has 1 aliphatic heterocycles. The highest BCUT2D eigenvalue weighted by Crippen LogP contribution is 2.22. The molecule has 148 valence electrons. The SMILES string of the molecule is CCn1c(COc2ccc3ccccc3c2)nnc1SCC[NH+]1CCCCC1. The molecule has 0 atom stereocenters. The Balaban J connectivity index is 1.35. The van der Waals surface area contributed by atoms with E-state index in [2.05, 4.69) is 58.1 Å². The third-order valence-electron chi connectivity index (χ3n) is 5.45. The minimum absolute atomic E-state index is 0.442. The van der Waals surface area contributed by atoms with Crippen LogP contribution in [0.1, 0.15) is 32.0 Å². The first-order valence-electron chi connectivity index (χ1n) is 10.3. The summed E-state index contributed by atoms with van der Waals surface area (Å²) in [7, 11) is 0. The van der Waals surface area contributed by atoms with Crippen LogP contribution in [0, 0.1) is 0 Å². The lowest BCUT2D eigenvalue weighted by Crippen LogP contribution is -3.13. The largest absolute Gasteiger partial charge is 0.486 e. The molecule has 5 nitrogen and oxygen atoms in total. The molecule has 3 aromatic rings. The molecular weight excluding hydrogens is 368 g/mol. The molecule has 4 rings (SSSR count). The lowest BCUT2D eigenvalue weighted by Gasteiger charge is -2.23. The topological polar surface area (TPSA) is 44.4 Å². The summed E-state index contributed by atoms with van der Waals surface area (Å²) in [5.41, 5.74) is 0. The van der Waals surface area contributed by atoms with Gasteiger partial charge in [-0.2, -0.15) is 0 Å². The zero-order valence-electron chi connectivity index (χ0n) is 16.6. The van der Waals surface area contributed by atoms with Gasteiger partial charge in [-0.05, 0) is 49.1 Å². The first-order chi connectivity index (χ1) is 13.8. The minimum Gasteiger partial charge on any atom is -0.486 e. The Labute approximate surface area is 171 Å². The highest BCUT2D eigenvalue weighted by molar-refractivity contribution is 7.99. The van der Waals surface area contributed by atoms with Crippen LogP contribution in [-0.4, -0.2) is 40.2 Å². The van der Waals surface area contributed by atoms with E-state index in [0.717, 1.165) is 29.0 Å². The van der Waals surface area contributed by atoms with Crippen molar-refractivity contribution in [2.75, 3.05) is 25.4 Å². The Morgan fingerprint density at radius 3 is 2.68 bits per heavy atom. The van der Waals surface area contributed by atoms with Crippen LogP contribution in [-0.2, 0) is 13.2 Å². The normalized spacial score (nSPS) is 15.2. The molecule has 1 saturated heterocycles. The maximum absolute atomic E-state index is 6.02. The second kappa shape index (κ2) is 9.43. The number of hydrogen-bond acceptors (Lipinski definition) is 4. The molecular formula is C22H29N4OS+. The Hall–Kier alpha value is -2.05. The molecule has 2 heterocycles. The monoisotopic (exact) mass is 397 g/mol. The quantitative estimate of drug-likeness (QED) is 0.593. The number of thioether (sulfide) groups is 1. The van der Waals surface area contributed by atoms with Gasteiger partial charge >= 0.3 is 0 Å². The maximum Gasteiger partial charge on any atom is 0.191 e. The first-order valence-corrected chi connectivity index (χ1v) is 11.3. The van der Waals surface area contributed by atoms with Gasteiger partial charge in [-0.25, -0.2) is 0 Å². The van der Waals surface area contributed by atoms with Crippen molar-refractivity contribution in [1.29, 1.82) is 0 Å². The fraction of sp³-hybridized carbons (Fsp3) is 0.455. The van der Waals surface area contributed by atoms with Crippen LogP contribution in [0.4, 0.5) is 0 Å². The summed E-state index contributed by atoms with van der Waals surface area (Å²) in [5, 5.41) is 12.2. The van der Waals surface area contributed by atoms with Gasteiger partial charge in [0.1, 0.15) is 12.4 Å². The molecule has 1 aromatic heterocycles. The van der Waals surface area contributed by atoms with E-state index in [4.69, 9.17) is 4.74 Å². The molecule has 1 aliphatic rings. The van der Waals surface area contributed by atoms with Gasteiger partial charge in [0.25, 0.3) is 0 Å². The third-order valence-corrected chi connectivity index (χ3v) is 6.41. The number of quaternary nitrogens is 1. The van der Waals surface area contributed by atoms with Crippen molar-refractivity contribution >= 4 is 22.5 Å². The van der Waals surface area contributed by atoms with Crippen LogP contribution in [0.3, 0.4) is 0 Å². The summed E-state index contributed by atoms with van der Waals surface area (Å²) in [6.45, 7) is 7.31. The zero-order chi connectivity index (χ0) is 19.2. The van der Waals surface area contributed by atoms with Crippen molar-refractivity contribution in [2.24, 2.45) is 0 Å². The van der Waals surface area contributed by atoms with Gasteiger partial charge in [-0.3, -0.25) is 0 Å². The number of piperidine rings is 1. The lowest BCUT2D eigenvalue weighted by atomic mass is 10.1. The fourth-order valence-corrected chi connectivity index (χ4v) is 4.91. The van der Waals surface area contributed by atoms with Crippen molar-refractivity contribution < 1.29 is 9.64 Å². The number of nitrogens with zero attached hydrogens (tertiary/aromatic N) is 3. The molecule has 1 fully saturated rings. The lowest BCUT2D eigenvalue weighted by molar-refractivity contribution is -0.902. The van der Waals surface area contributed by atoms with E-state index in [1.54, 1.807) is 4.90 Å². The van der Waals surface area contributed by atoms with E-state index >= 15 is 0 Å². The molecule has 6 heteroatoms. The molecule has 1 N–H and O–H groups in total. The molecule has 28 heavy (non-hydrogen) atoms. The summed E-state index contributed by atoms with van der Waals surface area (Å²) in [4.78, 5) is 1.74. The number of likely N-dealkylation sites (tertiary alicyclic amines) is 1. The Kier molecular flexibility index (Phi) is 6.49. The second-order valence-electron chi connectivity index (χ2n) is 7.35. The standard InChI is InChI=1S/C22H28N4OS/c1-2-26-21(17-27-20-11-10-18-8-4-5-9-19(18)16-20)23-24-22(26)28-15-14-25-12-6-3-7-13-25/h4-5,8-11,16H,2-3,6-7,12-15,17H2,1H3/p+1. The van der Waals surface area contributed by atoms with Crippen LogP contribution in [0.2, 0.25) is 0 Å². The van der Waals surface area contributed by atoms with Gasteiger partial charge in [0.05, 0.1) is 25.4 Å². The first kappa shape index (κ1) is 19.3. The maximum atomic E-state index is 6.02. The predicted molar refractivity (Wildman–Crippen MR) is 114 cm³/mol. The summed E-state index contributed by atoms with van der Waals surface area (Å²) < 4.78 is 8.20. The number of hydrogen-bond donors (Lipinski definition) is 1. The van der Waals surface area contributed by atoms with Crippen LogP contribution < -0.4 is 9.64 Å². The smallest absolute Gasteiger partial charge is 0.191 e. The third kappa shape index (κ3) is 4.67. The highest BCUT2D eigenvalue weighted by Gasteiger charge is 2.16. The van der Waals surface area contributed by atoms with Gasteiger partial charge in [-0.1, -0.05) is 42.1 Å². The molecule has 0 radical (unpaired) electrons. The van der Waals surface area contributed by atoms with Gasteiger partial charge < -0.3 is 14.2 Å².